The van der Waals surface area contributed by atoms with E-state index < -0.39 is 0 Å². The number of methoxy groups -OCH3 is 1. The summed E-state index contributed by atoms with van der Waals surface area (Å²) < 4.78 is 6.61. The van der Waals surface area contributed by atoms with Crippen LogP contribution < -0.4 is 10.1 Å². The predicted octanol–water partition coefficient (Wildman–Crippen LogP) is 1.14. The molecule has 0 aliphatic carbocycles. The fourth-order valence-corrected chi connectivity index (χ4v) is 1.74. The second-order valence-corrected chi connectivity index (χ2v) is 3.87. The van der Waals surface area contributed by atoms with Crippen molar-refractivity contribution in [2.45, 2.75) is 6.54 Å². The largest absolute Gasteiger partial charge is 0.480 e. The number of anilines is 1. The molecule has 19 heavy (non-hydrogen) atoms. The van der Waals surface area contributed by atoms with Crippen LogP contribution in [0.2, 0.25) is 0 Å². The van der Waals surface area contributed by atoms with E-state index in [1.165, 1.54) is 0 Å². The summed E-state index contributed by atoms with van der Waals surface area (Å²) in [6, 6.07) is 3.85. The van der Waals surface area contributed by atoms with Crippen molar-refractivity contribution in [1.29, 1.82) is 0 Å². The molecule has 0 atom stereocenters. The Balaban J connectivity index is 1.78. The molecule has 0 amide bonds. The molecule has 0 spiro atoms. The number of hydrogen-bond acceptors (Lipinski definition) is 6. The van der Waals surface area contributed by atoms with E-state index in [0.29, 0.717) is 18.2 Å². The van der Waals surface area contributed by atoms with Crippen LogP contribution >= 0.6 is 0 Å². The molecule has 3 rings (SSSR count). The van der Waals surface area contributed by atoms with Crippen LogP contribution in [0, 0.1) is 0 Å². The number of ether oxygens (including phenoxy) is 1. The Labute approximate surface area is 109 Å². The second-order valence-electron chi connectivity index (χ2n) is 3.87. The number of rotatable bonds is 4. The first kappa shape index (κ1) is 11.4. The van der Waals surface area contributed by atoms with E-state index in [-0.39, 0.29) is 0 Å². The molecule has 3 aromatic heterocycles. The van der Waals surface area contributed by atoms with Crippen molar-refractivity contribution in [1.82, 2.24) is 24.8 Å². The maximum absolute atomic E-state index is 5.02. The Hall–Kier alpha value is -2.70. The van der Waals surface area contributed by atoms with Gasteiger partial charge in [0.05, 0.1) is 31.2 Å². The van der Waals surface area contributed by atoms with Crippen molar-refractivity contribution < 1.29 is 4.74 Å². The molecule has 0 aliphatic rings. The van der Waals surface area contributed by atoms with Crippen molar-refractivity contribution in [3.63, 3.8) is 0 Å². The SMILES string of the molecule is COc1cncc(NCc2cnn3ncccc23)n1. The summed E-state index contributed by atoms with van der Waals surface area (Å²) in [5, 5.41) is 11.5. The summed E-state index contributed by atoms with van der Waals surface area (Å²) >= 11 is 0. The minimum atomic E-state index is 0.478. The topological polar surface area (TPSA) is 77.2 Å². The highest BCUT2D eigenvalue weighted by atomic mass is 16.5. The molecule has 7 nitrogen and oxygen atoms in total. The Morgan fingerprint density at radius 2 is 2.21 bits per heavy atom. The van der Waals surface area contributed by atoms with Crippen LogP contribution in [0.5, 0.6) is 5.88 Å². The second kappa shape index (κ2) is 4.89. The maximum Gasteiger partial charge on any atom is 0.233 e. The number of fused-ring (bicyclic) bond motifs is 1. The van der Waals surface area contributed by atoms with Gasteiger partial charge in [0.1, 0.15) is 5.82 Å². The molecule has 3 heterocycles. The van der Waals surface area contributed by atoms with Gasteiger partial charge in [0.15, 0.2) is 0 Å². The fraction of sp³-hybridized carbons (Fsp3) is 0.167. The van der Waals surface area contributed by atoms with E-state index >= 15 is 0 Å². The van der Waals surface area contributed by atoms with Gasteiger partial charge in [-0.05, 0) is 12.1 Å². The third-order valence-electron chi connectivity index (χ3n) is 2.67. The van der Waals surface area contributed by atoms with Gasteiger partial charge < -0.3 is 10.1 Å². The highest BCUT2D eigenvalue weighted by molar-refractivity contribution is 5.53. The molecule has 0 bridgehead atoms. The highest BCUT2D eigenvalue weighted by Gasteiger charge is 2.04. The summed E-state index contributed by atoms with van der Waals surface area (Å²) in [5.41, 5.74) is 2.00. The lowest BCUT2D eigenvalue weighted by Crippen LogP contribution is -2.02. The van der Waals surface area contributed by atoms with Crippen molar-refractivity contribution in [3.05, 3.63) is 42.5 Å². The molecule has 3 aromatic rings. The lowest BCUT2D eigenvalue weighted by molar-refractivity contribution is 0.396. The Morgan fingerprint density at radius 3 is 3.11 bits per heavy atom. The quantitative estimate of drug-likeness (QED) is 0.754. The zero-order valence-corrected chi connectivity index (χ0v) is 10.3. The molecule has 0 saturated heterocycles. The van der Waals surface area contributed by atoms with Crippen LogP contribution in [0.3, 0.4) is 0 Å². The minimum Gasteiger partial charge on any atom is -0.480 e. The first-order chi connectivity index (χ1) is 9.36. The molecule has 7 heteroatoms. The number of nitrogens with zero attached hydrogens (tertiary/aromatic N) is 5. The Kier molecular flexibility index (Phi) is 2.93. The molecule has 0 saturated carbocycles. The molecular weight excluding hydrogens is 244 g/mol. The van der Waals surface area contributed by atoms with Gasteiger partial charge in [0.25, 0.3) is 0 Å². The van der Waals surface area contributed by atoms with Gasteiger partial charge in [0, 0.05) is 18.3 Å². The third-order valence-corrected chi connectivity index (χ3v) is 2.67. The van der Waals surface area contributed by atoms with Crippen molar-refractivity contribution in [3.8, 4) is 5.88 Å². The molecule has 0 aliphatic heterocycles. The van der Waals surface area contributed by atoms with Gasteiger partial charge in [-0.25, -0.2) is 0 Å². The number of aromatic nitrogens is 5. The lowest BCUT2D eigenvalue weighted by Gasteiger charge is -2.05. The van der Waals surface area contributed by atoms with Gasteiger partial charge in [-0.1, -0.05) is 0 Å². The smallest absolute Gasteiger partial charge is 0.233 e. The summed E-state index contributed by atoms with van der Waals surface area (Å²) in [4.78, 5) is 8.27. The van der Waals surface area contributed by atoms with Crippen LogP contribution in [-0.2, 0) is 6.54 Å². The standard InChI is InChI=1S/C12H12N6O/c1-19-12-8-13-7-11(17-12)14-5-9-6-16-18-10(9)3-2-4-15-18/h2-4,6-8H,5H2,1H3,(H,14,17). The molecule has 0 aromatic carbocycles. The van der Waals surface area contributed by atoms with Crippen molar-refractivity contribution >= 4 is 11.3 Å². The summed E-state index contributed by atoms with van der Waals surface area (Å²) in [6.07, 6.45) is 6.69. The van der Waals surface area contributed by atoms with Gasteiger partial charge in [-0.2, -0.15) is 19.8 Å². The first-order valence-corrected chi connectivity index (χ1v) is 5.74. The average Bonchev–Trinajstić information content (AvgIpc) is 2.89. The van der Waals surface area contributed by atoms with E-state index in [1.54, 1.807) is 36.5 Å². The van der Waals surface area contributed by atoms with Crippen LogP contribution in [0.1, 0.15) is 5.56 Å². The molecule has 0 fully saturated rings. The van der Waals surface area contributed by atoms with Gasteiger partial charge >= 0.3 is 0 Å². The van der Waals surface area contributed by atoms with E-state index in [1.807, 2.05) is 12.1 Å². The van der Waals surface area contributed by atoms with Crippen LogP contribution in [0.15, 0.2) is 36.9 Å². The first-order valence-electron chi connectivity index (χ1n) is 5.74. The Bertz CT molecular complexity index is 695. The van der Waals surface area contributed by atoms with Crippen molar-refractivity contribution in [2.24, 2.45) is 0 Å². The molecular formula is C12H12N6O. The van der Waals surface area contributed by atoms with Crippen LogP contribution in [-0.4, -0.2) is 31.9 Å². The van der Waals surface area contributed by atoms with Gasteiger partial charge in [0.2, 0.25) is 5.88 Å². The molecule has 96 valence electrons. The molecule has 0 radical (unpaired) electrons. The zero-order chi connectivity index (χ0) is 13.1. The van der Waals surface area contributed by atoms with Crippen LogP contribution in [0.25, 0.3) is 5.52 Å². The van der Waals surface area contributed by atoms with E-state index in [9.17, 15) is 0 Å². The Morgan fingerprint density at radius 1 is 1.26 bits per heavy atom. The minimum absolute atomic E-state index is 0.478. The van der Waals surface area contributed by atoms with E-state index in [2.05, 4.69) is 25.5 Å². The summed E-state index contributed by atoms with van der Waals surface area (Å²) in [7, 11) is 1.56. The summed E-state index contributed by atoms with van der Waals surface area (Å²) in [6.45, 7) is 0.594. The van der Waals surface area contributed by atoms with Crippen LogP contribution in [0.4, 0.5) is 5.82 Å². The monoisotopic (exact) mass is 256 g/mol. The van der Waals surface area contributed by atoms with Crippen molar-refractivity contribution in [2.75, 3.05) is 12.4 Å². The lowest BCUT2D eigenvalue weighted by atomic mass is 10.3. The highest BCUT2D eigenvalue weighted by Crippen LogP contribution is 2.12. The average molecular weight is 256 g/mol. The summed E-state index contributed by atoms with van der Waals surface area (Å²) in [5.74, 6) is 1.13. The third kappa shape index (κ3) is 2.30. The van der Waals surface area contributed by atoms with E-state index in [0.717, 1.165) is 11.1 Å². The molecule has 0 unspecified atom stereocenters. The van der Waals surface area contributed by atoms with E-state index in [4.69, 9.17) is 4.74 Å². The molecule has 1 N–H and O–H groups in total. The predicted molar refractivity (Wildman–Crippen MR) is 68.9 cm³/mol. The number of hydrogen-bond donors (Lipinski definition) is 1. The van der Waals surface area contributed by atoms with Gasteiger partial charge in [-0.3, -0.25) is 4.98 Å². The maximum atomic E-state index is 5.02. The zero-order valence-electron chi connectivity index (χ0n) is 10.3. The fourth-order valence-electron chi connectivity index (χ4n) is 1.74. The normalized spacial score (nSPS) is 10.6. The number of nitrogens with one attached hydrogen (secondary N) is 1. The van der Waals surface area contributed by atoms with Gasteiger partial charge in [-0.15, -0.1) is 0 Å².